The first-order valence-corrected chi connectivity index (χ1v) is 9.72. The van der Waals surface area contributed by atoms with Gasteiger partial charge in [0.25, 0.3) is 0 Å². The normalized spacial score (nSPS) is 11.6. The number of anilines is 1. The van der Waals surface area contributed by atoms with Crippen LogP contribution in [0.3, 0.4) is 0 Å². The van der Waals surface area contributed by atoms with Crippen LogP contribution in [0.2, 0.25) is 5.02 Å². The Morgan fingerprint density at radius 2 is 2.11 bits per heavy atom. The van der Waals surface area contributed by atoms with E-state index >= 15 is 0 Å². The average molecular weight is 433 g/mol. The Morgan fingerprint density at radius 1 is 1.33 bits per heavy atom. The highest BCUT2D eigenvalue weighted by molar-refractivity contribution is 7.99. The summed E-state index contributed by atoms with van der Waals surface area (Å²) < 4.78 is 40.4. The van der Waals surface area contributed by atoms with Crippen molar-refractivity contribution in [2.24, 2.45) is 7.05 Å². The van der Waals surface area contributed by atoms with Gasteiger partial charge < -0.3 is 9.88 Å². The van der Waals surface area contributed by atoms with E-state index in [1.165, 1.54) is 17.4 Å². The molecule has 0 fully saturated rings. The minimum Gasteiger partial charge on any atom is -0.325 e. The van der Waals surface area contributed by atoms with E-state index in [0.29, 0.717) is 11.0 Å². The van der Waals surface area contributed by atoms with Crippen molar-refractivity contribution in [2.75, 3.05) is 11.1 Å². The number of carbonyl (C=O) groups excluding carboxylic acids is 1. The Balaban J connectivity index is 1.64. The van der Waals surface area contributed by atoms with Crippen LogP contribution < -0.4 is 5.32 Å². The maximum atomic E-state index is 12.9. The number of hydrogen-bond donors (Lipinski definition) is 1. The molecule has 1 N–H and O–H groups in total. The molecular formula is C16H12ClF3N4OS2. The van der Waals surface area contributed by atoms with E-state index < -0.39 is 22.7 Å². The van der Waals surface area contributed by atoms with Gasteiger partial charge in [0.05, 0.1) is 21.2 Å². The summed E-state index contributed by atoms with van der Waals surface area (Å²) >= 11 is 8.23. The van der Waals surface area contributed by atoms with E-state index in [1.54, 1.807) is 11.6 Å². The molecule has 0 bridgehead atoms. The molecule has 1 amide bonds. The summed E-state index contributed by atoms with van der Waals surface area (Å²) in [6.45, 7) is 0. The van der Waals surface area contributed by atoms with Crippen molar-refractivity contribution in [3.63, 3.8) is 0 Å². The SMILES string of the molecule is Cn1c(SCC(=O)Nc2ccc(Cl)c(C(F)(F)F)c2)nnc1-c1cccs1. The maximum Gasteiger partial charge on any atom is 0.417 e. The molecule has 0 unspecified atom stereocenters. The predicted octanol–water partition coefficient (Wildman–Crippen LogP) is 4.95. The molecule has 0 saturated heterocycles. The van der Waals surface area contributed by atoms with E-state index in [0.717, 1.165) is 28.8 Å². The highest BCUT2D eigenvalue weighted by Crippen LogP contribution is 2.36. The zero-order chi connectivity index (χ0) is 19.6. The molecule has 2 heterocycles. The van der Waals surface area contributed by atoms with E-state index in [9.17, 15) is 18.0 Å². The highest BCUT2D eigenvalue weighted by atomic mass is 35.5. The van der Waals surface area contributed by atoms with Crippen LogP contribution in [-0.2, 0) is 18.0 Å². The van der Waals surface area contributed by atoms with Crippen molar-refractivity contribution < 1.29 is 18.0 Å². The number of thiophene rings is 1. The van der Waals surface area contributed by atoms with Gasteiger partial charge in [-0.15, -0.1) is 21.5 Å². The summed E-state index contributed by atoms with van der Waals surface area (Å²) in [4.78, 5) is 13.0. The van der Waals surface area contributed by atoms with Gasteiger partial charge in [-0.1, -0.05) is 29.4 Å². The van der Waals surface area contributed by atoms with Gasteiger partial charge in [-0.2, -0.15) is 13.2 Å². The molecule has 5 nitrogen and oxygen atoms in total. The summed E-state index contributed by atoms with van der Waals surface area (Å²) in [6.07, 6.45) is -4.59. The Morgan fingerprint density at radius 3 is 2.78 bits per heavy atom. The second-order valence-corrected chi connectivity index (χ2v) is 7.67. The van der Waals surface area contributed by atoms with Crippen LogP contribution in [0.1, 0.15) is 5.56 Å². The maximum absolute atomic E-state index is 12.9. The Labute approximate surface area is 165 Å². The standard InChI is InChI=1S/C16H12ClF3N4OS2/c1-24-14(12-3-2-6-26-12)22-23-15(24)27-8-13(25)21-9-4-5-11(17)10(7-9)16(18,19)20/h2-7H,8H2,1H3,(H,21,25). The summed E-state index contributed by atoms with van der Waals surface area (Å²) in [7, 11) is 1.78. The van der Waals surface area contributed by atoms with Gasteiger partial charge in [0.2, 0.25) is 5.91 Å². The van der Waals surface area contributed by atoms with E-state index in [2.05, 4.69) is 15.5 Å². The molecule has 0 atom stereocenters. The van der Waals surface area contributed by atoms with Crippen LogP contribution in [0.25, 0.3) is 10.7 Å². The molecule has 2 aromatic heterocycles. The number of alkyl halides is 3. The molecule has 3 rings (SSSR count). The van der Waals surface area contributed by atoms with Crippen LogP contribution in [0, 0.1) is 0 Å². The molecule has 3 aromatic rings. The first-order chi connectivity index (χ1) is 12.8. The lowest BCUT2D eigenvalue weighted by molar-refractivity contribution is -0.137. The number of hydrogen-bond acceptors (Lipinski definition) is 5. The second-order valence-electron chi connectivity index (χ2n) is 5.37. The summed E-state index contributed by atoms with van der Waals surface area (Å²) in [5.74, 6) is 0.192. The smallest absolute Gasteiger partial charge is 0.325 e. The molecule has 27 heavy (non-hydrogen) atoms. The van der Waals surface area contributed by atoms with Gasteiger partial charge in [-0.3, -0.25) is 4.79 Å². The fourth-order valence-electron chi connectivity index (χ4n) is 2.21. The third-order valence-corrected chi connectivity index (χ3v) is 5.68. The van der Waals surface area contributed by atoms with Crippen LogP contribution in [-0.4, -0.2) is 26.4 Å². The number of carbonyl (C=O) groups is 1. The topological polar surface area (TPSA) is 59.8 Å². The molecule has 1 aromatic carbocycles. The number of thioether (sulfide) groups is 1. The van der Waals surface area contributed by atoms with Crippen molar-refractivity contribution >= 4 is 46.3 Å². The molecule has 142 valence electrons. The predicted molar refractivity (Wildman–Crippen MR) is 100 cm³/mol. The zero-order valence-corrected chi connectivity index (χ0v) is 16.1. The third-order valence-electron chi connectivity index (χ3n) is 3.46. The molecule has 0 aliphatic rings. The first kappa shape index (κ1) is 19.7. The van der Waals surface area contributed by atoms with Gasteiger partial charge in [-0.25, -0.2) is 0 Å². The molecule has 0 aliphatic carbocycles. The number of aromatic nitrogens is 3. The quantitative estimate of drug-likeness (QED) is 0.580. The molecule has 0 aliphatic heterocycles. The minimum absolute atomic E-state index is 0.0227. The molecule has 0 saturated carbocycles. The first-order valence-electron chi connectivity index (χ1n) is 7.48. The lowest BCUT2D eigenvalue weighted by Gasteiger charge is -2.11. The van der Waals surface area contributed by atoms with Crippen molar-refractivity contribution in [1.82, 2.24) is 14.8 Å². The van der Waals surface area contributed by atoms with Gasteiger partial charge in [0.1, 0.15) is 0 Å². The van der Waals surface area contributed by atoms with Crippen LogP contribution in [0.4, 0.5) is 18.9 Å². The molecular weight excluding hydrogens is 421 g/mol. The fourth-order valence-corrected chi connectivity index (χ4v) is 3.89. The monoisotopic (exact) mass is 432 g/mol. The Kier molecular flexibility index (Phi) is 5.78. The summed E-state index contributed by atoms with van der Waals surface area (Å²) in [5.41, 5.74) is -0.974. The third kappa shape index (κ3) is 4.63. The van der Waals surface area contributed by atoms with Crippen molar-refractivity contribution in [1.29, 1.82) is 0 Å². The number of amides is 1. The lowest BCUT2D eigenvalue weighted by atomic mass is 10.2. The van der Waals surface area contributed by atoms with Gasteiger partial charge in [-0.05, 0) is 29.6 Å². The Hall–Kier alpha value is -2.04. The Bertz CT molecular complexity index is 957. The van der Waals surface area contributed by atoms with Gasteiger partial charge in [0.15, 0.2) is 11.0 Å². The largest absolute Gasteiger partial charge is 0.417 e. The van der Waals surface area contributed by atoms with Crippen molar-refractivity contribution in [3.8, 4) is 10.7 Å². The van der Waals surface area contributed by atoms with Crippen LogP contribution in [0.5, 0.6) is 0 Å². The second kappa shape index (κ2) is 7.91. The number of benzene rings is 1. The van der Waals surface area contributed by atoms with Crippen LogP contribution >= 0.6 is 34.7 Å². The minimum atomic E-state index is -4.59. The molecule has 11 heteroatoms. The van der Waals surface area contributed by atoms with E-state index in [4.69, 9.17) is 11.6 Å². The van der Waals surface area contributed by atoms with E-state index in [1.807, 2.05) is 17.5 Å². The molecule has 0 radical (unpaired) electrons. The van der Waals surface area contributed by atoms with Gasteiger partial charge >= 0.3 is 6.18 Å². The van der Waals surface area contributed by atoms with Gasteiger partial charge in [0, 0.05) is 12.7 Å². The highest BCUT2D eigenvalue weighted by Gasteiger charge is 2.33. The lowest BCUT2D eigenvalue weighted by Crippen LogP contribution is -2.15. The number of halogens is 4. The van der Waals surface area contributed by atoms with Crippen molar-refractivity contribution in [2.45, 2.75) is 11.3 Å². The van der Waals surface area contributed by atoms with Crippen molar-refractivity contribution in [3.05, 3.63) is 46.3 Å². The number of nitrogens with one attached hydrogen (secondary N) is 1. The summed E-state index contributed by atoms with van der Waals surface area (Å²) in [6, 6.07) is 7.04. The molecule has 0 spiro atoms. The zero-order valence-electron chi connectivity index (χ0n) is 13.7. The van der Waals surface area contributed by atoms with Crippen LogP contribution in [0.15, 0.2) is 40.9 Å². The average Bonchev–Trinajstić information content (AvgIpc) is 3.23. The summed E-state index contributed by atoms with van der Waals surface area (Å²) in [5, 5.41) is 12.6. The van der Waals surface area contributed by atoms with E-state index in [-0.39, 0.29) is 11.4 Å². The number of nitrogens with zero attached hydrogens (tertiary/aromatic N) is 3. The fraction of sp³-hybridized carbons (Fsp3) is 0.188. The number of rotatable bonds is 5.